The van der Waals surface area contributed by atoms with E-state index in [9.17, 15) is 14.4 Å². The van der Waals surface area contributed by atoms with Crippen molar-refractivity contribution < 1.29 is 19.1 Å². The minimum Gasteiger partial charge on any atom is -0.459 e. The third-order valence-corrected chi connectivity index (χ3v) is 5.28. The molecule has 0 atom stereocenters. The van der Waals surface area contributed by atoms with Crippen LogP contribution in [0.25, 0.3) is 0 Å². The van der Waals surface area contributed by atoms with Gasteiger partial charge in [-0.15, -0.1) is 0 Å². The summed E-state index contributed by atoms with van der Waals surface area (Å²) in [5.41, 5.74) is 0.308. The predicted octanol–water partition coefficient (Wildman–Crippen LogP) is 4.15. The predicted molar refractivity (Wildman–Crippen MR) is 96.4 cm³/mol. The summed E-state index contributed by atoms with van der Waals surface area (Å²) in [7, 11) is 0. The fourth-order valence-electron chi connectivity index (χ4n) is 2.36. The Morgan fingerprint density at radius 1 is 0.962 bits per heavy atom. The van der Waals surface area contributed by atoms with E-state index in [1.165, 1.54) is 0 Å². The summed E-state index contributed by atoms with van der Waals surface area (Å²) in [4.78, 5) is 41.3. The number of ether oxygens (including phenoxy) is 1. The third-order valence-electron chi connectivity index (χ3n) is 3.60. The van der Waals surface area contributed by atoms with Crippen molar-refractivity contribution in [2.24, 2.45) is 0 Å². The minimum atomic E-state index is -0.910. The van der Waals surface area contributed by atoms with E-state index >= 15 is 0 Å². The summed E-state index contributed by atoms with van der Waals surface area (Å²) >= 11 is 23.3. The molecule has 0 saturated carbocycles. The van der Waals surface area contributed by atoms with E-state index in [0.717, 1.165) is 4.90 Å². The SMILES string of the molecule is O=C(OCCN1C(=O)c2ccccc2C1=O)c1nc(Cl)c(Cl)c(Cl)c1Cl. The summed E-state index contributed by atoms with van der Waals surface area (Å²) in [6.07, 6.45) is 0. The maximum Gasteiger partial charge on any atom is 0.358 e. The monoisotopic (exact) mass is 432 g/mol. The summed E-state index contributed by atoms with van der Waals surface area (Å²) in [5, 5.41) is -0.610. The zero-order valence-electron chi connectivity index (χ0n) is 12.8. The summed E-state index contributed by atoms with van der Waals surface area (Å²) < 4.78 is 5.02. The Balaban J connectivity index is 1.67. The maximum absolute atomic E-state index is 12.2. The second kappa shape index (κ2) is 7.40. The van der Waals surface area contributed by atoms with Crippen molar-refractivity contribution in [3.63, 3.8) is 0 Å². The number of hydrogen-bond donors (Lipinski definition) is 0. The number of fused-ring (bicyclic) bond motifs is 1. The zero-order valence-corrected chi connectivity index (χ0v) is 15.8. The van der Waals surface area contributed by atoms with Crippen LogP contribution in [0.4, 0.5) is 0 Å². The van der Waals surface area contributed by atoms with Crippen LogP contribution >= 0.6 is 46.4 Å². The number of nitrogens with zero attached hydrogens (tertiary/aromatic N) is 2. The van der Waals surface area contributed by atoms with Gasteiger partial charge in [0.2, 0.25) is 0 Å². The molecule has 0 fully saturated rings. The molecule has 26 heavy (non-hydrogen) atoms. The van der Waals surface area contributed by atoms with Crippen molar-refractivity contribution in [3.8, 4) is 0 Å². The highest BCUT2D eigenvalue weighted by molar-refractivity contribution is 6.52. The number of imide groups is 1. The molecule has 0 saturated heterocycles. The van der Waals surface area contributed by atoms with Gasteiger partial charge in [-0.05, 0) is 12.1 Å². The number of carbonyl (C=O) groups excluding carboxylic acids is 3. The Labute approximate surface area is 167 Å². The van der Waals surface area contributed by atoms with Gasteiger partial charge in [-0.25, -0.2) is 9.78 Å². The van der Waals surface area contributed by atoms with Gasteiger partial charge in [0.25, 0.3) is 11.8 Å². The molecule has 1 aromatic carbocycles. The highest BCUT2D eigenvalue weighted by Crippen LogP contribution is 2.36. The molecule has 0 spiro atoms. The molecule has 1 aromatic heterocycles. The zero-order chi connectivity index (χ0) is 19.0. The summed E-state index contributed by atoms with van der Waals surface area (Å²) in [6.45, 7) is -0.370. The molecule has 0 unspecified atom stereocenters. The standard InChI is InChI=1S/C16H8Cl4N2O4/c17-9-10(18)12(21-13(20)11(9)19)16(25)26-6-5-22-14(23)7-3-1-2-4-8(7)15(22)24/h1-4H,5-6H2. The van der Waals surface area contributed by atoms with Gasteiger partial charge in [-0.1, -0.05) is 58.5 Å². The van der Waals surface area contributed by atoms with E-state index in [4.69, 9.17) is 51.1 Å². The molecule has 0 bridgehead atoms. The van der Waals surface area contributed by atoms with Crippen molar-refractivity contribution >= 4 is 64.2 Å². The van der Waals surface area contributed by atoms with Crippen LogP contribution < -0.4 is 0 Å². The minimum absolute atomic E-state index is 0.0825. The topological polar surface area (TPSA) is 76.6 Å². The normalized spacial score (nSPS) is 13.2. The first-order valence-corrected chi connectivity index (χ1v) is 8.66. The van der Waals surface area contributed by atoms with Crippen molar-refractivity contribution in [1.82, 2.24) is 9.88 Å². The second-order valence-corrected chi connectivity index (χ2v) is 6.63. The largest absolute Gasteiger partial charge is 0.459 e. The second-order valence-electron chi connectivity index (χ2n) is 5.14. The molecule has 10 heteroatoms. The first-order chi connectivity index (χ1) is 12.3. The van der Waals surface area contributed by atoms with Gasteiger partial charge in [0.1, 0.15) is 11.8 Å². The van der Waals surface area contributed by atoms with Gasteiger partial charge in [0, 0.05) is 0 Å². The summed E-state index contributed by atoms with van der Waals surface area (Å²) in [6, 6.07) is 6.44. The van der Waals surface area contributed by atoms with Crippen molar-refractivity contribution in [1.29, 1.82) is 0 Å². The molecule has 1 aliphatic heterocycles. The van der Waals surface area contributed by atoms with Crippen LogP contribution in [0.2, 0.25) is 20.2 Å². The van der Waals surface area contributed by atoms with Crippen LogP contribution in [0.3, 0.4) is 0 Å². The van der Waals surface area contributed by atoms with E-state index in [0.29, 0.717) is 11.1 Å². The molecular weight excluding hydrogens is 426 g/mol. The lowest BCUT2D eigenvalue weighted by molar-refractivity contribution is 0.0415. The fraction of sp³-hybridized carbons (Fsp3) is 0.125. The number of pyridine rings is 1. The van der Waals surface area contributed by atoms with Crippen LogP contribution in [0.1, 0.15) is 31.2 Å². The van der Waals surface area contributed by atoms with E-state index in [-0.39, 0.29) is 39.1 Å². The summed E-state index contributed by atoms with van der Waals surface area (Å²) in [5.74, 6) is -1.81. The van der Waals surface area contributed by atoms with Gasteiger partial charge in [-0.2, -0.15) is 0 Å². The molecule has 2 amide bonds. The number of amides is 2. The fourth-order valence-corrected chi connectivity index (χ4v) is 3.17. The Morgan fingerprint density at radius 3 is 2.12 bits per heavy atom. The van der Waals surface area contributed by atoms with Crippen molar-refractivity contribution in [2.45, 2.75) is 0 Å². The Morgan fingerprint density at radius 2 is 1.54 bits per heavy atom. The Bertz CT molecular complexity index is 913. The van der Waals surface area contributed by atoms with Gasteiger partial charge in [-0.3, -0.25) is 14.5 Å². The van der Waals surface area contributed by atoms with Crippen molar-refractivity contribution in [2.75, 3.05) is 13.2 Å². The van der Waals surface area contributed by atoms with Crippen LogP contribution in [0.5, 0.6) is 0 Å². The van der Waals surface area contributed by atoms with E-state index in [2.05, 4.69) is 4.98 Å². The number of rotatable bonds is 4. The molecule has 0 radical (unpaired) electrons. The molecular formula is C16H8Cl4N2O4. The van der Waals surface area contributed by atoms with Gasteiger partial charge in [0.05, 0.1) is 32.7 Å². The molecule has 1 aliphatic rings. The van der Waals surface area contributed by atoms with Gasteiger partial charge in [0.15, 0.2) is 5.69 Å². The van der Waals surface area contributed by atoms with Crippen molar-refractivity contribution in [3.05, 3.63) is 61.3 Å². The first-order valence-electron chi connectivity index (χ1n) is 7.15. The maximum atomic E-state index is 12.2. The number of hydrogen-bond acceptors (Lipinski definition) is 5. The van der Waals surface area contributed by atoms with Crippen LogP contribution in [-0.2, 0) is 4.74 Å². The van der Waals surface area contributed by atoms with Crippen LogP contribution in [0.15, 0.2) is 24.3 Å². The average Bonchev–Trinajstić information content (AvgIpc) is 2.88. The molecule has 0 aliphatic carbocycles. The molecule has 0 N–H and O–H groups in total. The number of carbonyl (C=O) groups is 3. The lowest BCUT2D eigenvalue weighted by Gasteiger charge is -2.14. The first kappa shape index (κ1) is 18.9. The number of halogens is 4. The number of esters is 1. The lowest BCUT2D eigenvalue weighted by atomic mass is 10.1. The number of benzene rings is 1. The van der Waals surface area contributed by atoms with E-state index in [1.54, 1.807) is 24.3 Å². The highest BCUT2D eigenvalue weighted by Gasteiger charge is 2.35. The quantitative estimate of drug-likeness (QED) is 0.411. The average molecular weight is 434 g/mol. The lowest BCUT2D eigenvalue weighted by Crippen LogP contribution is -2.33. The molecule has 3 rings (SSSR count). The Hall–Kier alpha value is -1.86. The van der Waals surface area contributed by atoms with Crippen LogP contribution in [0, 0.1) is 0 Å². The molecule has 134 valence electrons. The molecule has 2 heterocycles. The number of aromatic nitrogens is 1. The van der Waals surface area contributed by atoms with Gasteiger partial charge >= 0.3 is 5.97 Å². The van der Waals surface area contributed by atoms with Crippen LogP contribution in [-0.4, -0.2) is 40.8 Å². The highest BCUT2D eigenvalue weighted by atomic mass is 35.5. The third kappa shape index (κ3) is 3.25. The molecule has 2 aromatic rings. The Kier molecular flexibility index (Phi) is 5.39. The smallest absolute Gasteiger partial charge is 0.358 e. The van der Waals surface area contributed by atoms with E-state index in [1.807, 2.05) is 0 Å². The molecule has 6 nitrogen and oxygen atoms in total. The van der Waals surface area contributed by atoms with Gasteiger partial charge < -0.3 is 4.74 Å². The van der Waals surface area contributed by atoms with E-state index < -0.39 is 17.8 Å².